The lowest BCUT2D eigenvalue weighted by Crippen LogP contribution is -2.25. The molecule has 2 aromatic rings. The van der Waals surface area contributed by atoms with E-state index in [4.69, 9.17) is 0 Å². The molecule has 1 atom stereocenters. The summed E-state index contributed by atoms with van der Waals surface area (Å²) >= 11 is 0. The third kappa shape index (κ3) is 3.92. The molecule has 0 saturated carbocycles. The number of nitrogens with one attached hydrogen (secondary N) is 1. The molecular weight excluding hydrogens is 256 g/mol. The maximum absolute atomic E-state index is 4.32. The molecule has 2 heteroatoms. The predicted molar refractivity (Wildman–Crippen MR) is 89.6 cm³/mol. The number of aryl methyl sites for hydroxylation is 3. The van der Waals surface area contributed by atoms with Crippen molar-refractivity contribution >= 4 is 0 Å². The zero-order valence-electron chi connectivity index (χ0n) is 13.6. The SMILES string of the molecule is CCCNC(Cc1c(C)cccc1C)c1cnccc1C. The summed E-state index contributed by atoms with van der Waals surface area (Å²) in [5.41, 5.74) is 6.83. The molecule has 0 saturated heterocycles. The predicted octanol–water partition coefficient (Wildman–Crippen LogP) is 4.29. The Kier molecular flexibility index (Phi) is 5.51. The van der Waals surface area contributed by atoms with Crippen molar-refractivity contribution in [1.29, 1.82) is 0 Å². The van der Waals surface area contributed by atoms with Crippen molar-refractivity contribution in [1.82, 2.24) is 10.3 Å². The summed E-state index contributed by atoms with van der Waals surface area (Å²) in [4.78, 5) is 4.32. The molecule has 0 fully saturated rings. The lowest BCUT2D eigenvalue weighted by atomic mass is 9.92. The molecule has 0 aliphatic heterocycles. The van der Waals surface area contributed by atoms with Crippen molar-refractivity contribution in [3.8, 4) is 0 Å². The topological polar surface area (TPSA) is 24.9 Å². The summed E-state index contributed by atoms with van der Waals surface area (Å²) in [5, 5.41) is 3.69. The van der Waals surface area contributed by atoms with Gasteiger partial charge in [0.25, 0.3) is 0 Å². The van der Waals surface area contributed by atoms with E-state index in [1.807, 2.05) is 12.4 Å². The summed E-state index contributed by atoms with van der Waals surface area (Å²) in [6.07, 6.45) is 6.04. The van der Waals surface area contributed by atoms with Crippen molar-refractivity contribution in [2.45, 2.75) is 46.6 Å². The molecule has 0 aliphatic carbocycles. The average molecular weight is 282 g/mol. The first-order valence-corrected chi connectivity index (χ1v) is 7.82. The van der Waals surface area contributed by atoms with Gasteiger partial charge in [-0.3, -0.25) is 4.98 Å². The van der Waals surface area contributed by atoms with Crippen molar-refractivity contribution < 1.29 is 0 Å². The van der Waals surface area contributed by atoms with Gasteiger partial charge in [0, 0.05) is 18.4 Å². The molecule has 0 aliphatic rings. The molecule has 1 heterocycles. The lowest BCUT2D eigenvalue weighted by Gasteiger charge is -2.22. The molecule has 0 radical (unpaired) electrons. The van der Waals surface area contributed by atoms with Crippen LogP contribution in [-0.4, -0.2) is 11.5 Å². The molecule has 0 bridgehead atoms. The molecule has 2 nitrogen and oxygen atoms in total. The quantitative estimate of drug-likeness (QED) is 0.855. The zero-order valence-corrected chi connectivity index (χ0v) is 13.6. The van der Waals surface area contributed by atoms with E-state index in [-0.39, 0.29) is 0 Å². The number of benzene rings is 1. The van der Waals surface area contributed by atoms with Crippen LogP contribution in [0.25, 0.3) is 0 Å². The number of nitrogens with zero attached hydrogens (tertiary/aromatic N) is 1. The molecule has 1 N–H and O–H groups in total. The van der Waals surface area contributed by atoms with E-state index < -0.39 is 0 Å². The van der Waals surface area contributed by atoms with Crippen LogP contribution in [0.4, 0.5) is 0 Å². The van der Waals surface area contributed by atoms with Gasteiger partial charge in [0.2, 0.25) is 0 Å². The van der Waals surface area contributed by atoms with Crippen molar-refractivity contribution in [2.24, 2.45) is 0 Å². The molecule has 0 spiro atoms. The van der Waals surface area contributed by atoms with Crippen LogP contribution in [0.1, 0.15) is 47.2 Å². The van der Waals surface area contributed by atoms with E-state index in [2.05, 4.69) is 62.3 Å². The minimum Gasteiger partial charge on any atom is -0.310 e. The highest BCUT2D eigenvalue weighted by molar-refractivity contribution is 5.36. The molecule has 1 aromatic heterocycles. The molecule has 2 rings (SSSR count). The summed E-state index contributed by atoms with van der Waals surface area (Å²) in [5.74, 6) is 0. The standard InChI is InChI=1S/C19H26N2/c1-5-10-21-19(18-13-20-11-9-16(18)4)12-17-14(2)7-6-8-15(17)3/h6-9,11,13,19,21H,5,10,12H2,1-4H3. The van der Waals surface area contributed by atoms with Gasteiger partial charge in [0.05, 0.1) is 0 Å². The number of hydrogen-bond acceptors (Lipinski definition) is 2. The maximum atomic E-state index is 4.32. The van der Waals surface area contributed by atoms with Crippen molar-refractivity contribution in [3.63, 3.8) is 0 Å². The second-order valence-corrected chi connectivity index (χ2v) is 5.81. The summed E-state index contributed by atoms with van der Waals surface area (Å²) in [7, 11) is 0. The number of rotatable bonds is 6. The highest BCUT2D eigenvalue weighted by Crippen LogP contribution is 2.24. The Morgan fingerprint density at radius 1 is 1.05 bits per heavy atom. The number of pyridine rings is 1. The van der Waals surface area contributed by atoms with E-state index >= 15 is 0 Å². The third-order valence-electron chi connectivity index (χ3n) is 4.15. The van der Waals surface area contributed by atoms with E-state index in [1.54, 1.807) is 0 Å². The van der Waals surface area contributed by atoms with Gasteiger partial charge in [0.1, 0.15) is 0 Å². The summed E-state index contributed by atoms with van der Waals surface area (Å²) in [6.45, 7) is 9.82. The first kappa shape index (κ1) is 15.7. The van der Waals surface area contributed by atoms with Gasteiger partial charge >= 0.3 is 0 Å². The Bertz CT molecular complexity index is 570. The second-order valence-electron chi connectivity index (χ2n) is 5.81. The summed E-state index contributed by atoms with van der Waals surface area (Å²) < 4.78 is 0. The van der Waals surface area contributed by atoms with Crippen LogP contribution in [0.3, 0.4) is 0 Å². The number of hydrogen-bond donors (Lipinski definition) is 1. The van der Waals surface area contributed by atoms with Crippen LogP contribution in [0.5, 0.6) is 0 Å². The van der Waals surface area contributed by atoms with Gasteiger partial charge in [-0.05, 0) is 74.0 Å². The van der Waals surface area contributed by atoms with Crippen molar-refractivity contribution in [3.05, 3.63) is 64.5 Å². The Morgan fingerprint density at radius 3 is 2.38 bits per heavy atom. The molecule has 21 heavy (non-hydrogen) atoms. The molecule has 0 amide bonds. The number of aromatic nitrogens is 1. The van der Waals surface area contributed by atoms with Gasteiger partial charge in [0.15, 0.2) is 0 Å². The van der Waals surface area contributed by atoms with E-state index in [0.29, 0.717) is 6.04 Å². The largest absolute Gasteiger partial charge is 0.310 e. The van der Waals surface area contributed by atoms with Crippen LogP contribution in [-0.2, 0) is 6.42 Å². The molecule has 112 valence electrons. The van der Waals surface area contributed by atoms with Crippen LogP contribution < -0.4 is 5.32 Å². The average Bonchev–Trinajstić information content (AvgIpc) is 2.47. The third-order valence-corrected chi connectivity index (χ3v) is 4.15. The highest BCUT2D eigenvalue weighted by atomic mass is 14.9. The van der Waals surface area contributed by atoms with E-state index in [1.165, 1.54) is 27.8 Å². The van der Waals surface area contributed by atoms with Gasteiger partial charge < -0.3 is 5.32 Å². The fourth-order valence-corrected chi connectivity index (χ4v) is 2.83. The van der Waals surface area contributed by atoms with E-state index in [9.17, 15) is 0 Å². The van der Waals surface area contributed by atoms with Crippen LogP contribution in [0, 0.1) is 20.8 Å². The Morgan fingerprint density at radius 2 is 1.76 bits per heavy atom. The maximum Gasteiger partial charge on any atom is 0.0379 e. The second kappa shape index (κ2) is 7.37. The van der Waals surface area contributed by atoms with Crippen molar-refractivity contribution in [2.75, 3.05) is 6.54 Å². The Balaban J connectivity index is 2.31. The van der Waals surface area contributed by atoms with Crippen LogP contribution >= 0.6 is 0 Å². The van der Waals surface area contributed by atoms with Crippen LogP contribution in [0.15, 0.2) is 36.7 Å². The smallest absolute Gasteiger partial charge is 0.0379 e. The highest BCUT2D eigenvalue weighted by Gasteiger charge is 2.16. The lowest BCUT2D eigenvalue weighted by molar-refractivity contribution is 0.524. The molecule has 1 unspecified atom stereocenters. The fraction of sp³-hybridized carbons (Fsp3) is 0.421. The van der Waals surface area contributed by atoms with Gasteiger partial charge in [-0.1, -0.05) is 25.1 Å². The minimum absolute atomic E-state index is 0.332. The summed E-state index contributed by atoms with van der Waals surface area (Å²) in [6, 6.07) is 8.97. The fourth-order valence-electron chi connectivity index (χ4n) is 2.83. The normalized spacial score (nSPS) is 12.4. The zero-order chi connectivity index (χ0) is 15.2. The van der Waals surface area contributed by atoms with Crippen LogP contribution in [0.2, 0.25) is 0 Å². The van der Waals surface area contributed by atoms with Gasteiger partial charge in [-0.2, -0.15) is 0 Å². The Labute approximate surface area is 128 Å². The molecular formula is C19H26N2. The minimum atomic E-state index is 0.332. The molecule has 1 aromatic carbocycles. The van der Waals surface area contributed by atoms with E-state index in [0.717, 1.165) is 19.4 Å². The monoisotopic (exact) mass is 282 g/mol. The Hall–Kier alpha value is -1.67. The first-order valence-electron chi connectivity index (χ1n) is 7.82. The van der Waals surface area contributed by atoms with Gasteiger partial charge in [-0.15, -0.1) is 0 Å². The van der Waals surface area contributed by atoms with Gasteiger partial charge in [-0.25, -0.2) is 0 Å². The first-order chi connectivity index (χ1) is 10.1.